The largest absolute Gasteiger partial charge is 0.317 e. The first-order valence-electron chi connectivity index (χ1n) is 7.87. The van der Waals surface area contributed by atoms with Crippen LogP contribution in [0, 0.1) is 0 Å². The molecule has 1 heterocycles. The Balaban J connectivity index is 2.09. The van der Waals surface area contributed by atoms with Crippen LogP contribution in [0.5, 0.6) is 0 Å². The number of hydrogen-bond acceptors (Lipinski definition) is 3. The smallest absolute Gasteiger partial charge is 0.243 e. The molecular formula is C16H26N2O2S. The van der Waals surface area contributed by atoms with Crippen LogP contribution in [-0.4, -0.2) is 38.4 Å². The summed E-state index contributed by atoms with van der Waals surface area (Å²) in [6, 6.07) is 7.46. The van der Waals surface area contributed by atoms with Gasteiger partial charge in [0.25, 0.3) is 0 Å². The van der Waals surface area contributed by atoms with E-state index in [0.717, 1.165) is 38.8 Å². The third-order valence-electron chi connectivity index (χ3n) is 4.11. The second-order valence-corrected chi connectivity index (χ2v) is 7.60. The molecule has 1 unspecified atom stereocenters. The third kappa shape index (κ3) is 4.05. The van der Waals surface area contributed by atoms with Crippen molar-refractivity contribution < 1.29 is 8.42 Å². The molecule has 1 aromatic carbocycles. The number of sulfonamides is 1. The first-order chi connectivity index (χ1) is 10.1. The molecule has 0 spiro atoms. The minimum atomic E-state index is -3.34. The quantitative estimate of drug-likeness (QED) is 0.821. The summed E-state index contributed by atoms with van der Waals surface area (Å²) >= 11 is 0. The van der Waals surface area contributed by atoms with Gasteiger partial charge in [0, 0.05) is 12.6 Å². The van der Waals surface area contributed by atoms with Gasteiger partial charge in [-0.15, -0.1) is 0 Å². The highest BCUT2D eigenvalue weighted by Gasteiger charge is 2.30. The highest BCUT2D eigenvalue weighted by atomic mass is 32.2. The zero-order chi connectivity index (χ0) is 15.3. The van der Waals surface area contributed by atoms with Crippen LogP contribution in [0.3, 0.4) is 0 Å². The molecule has 118 valence electrons. The second kappa shape index (κ2) is 7.38. The summed E-state index contributed by atoms with van der Waals surface area (Å²) in [5.41, 5.74) is 1.17. The highest BCUT2D eigenvalue weighted by Crippen LogP contribution is 2.25. The molecule has 0 radical (unpaired) electrons. The third-order valence-corrected chi connectivity index (χ3v) is 6.14. The molecule has 1 aromatic rings. The lowest BCUT2D eigenvalue weighted by Gasteiger charge is -2.32. The van der Waals surface area contributed by atoms with Crippen molar-refractivity contribution >= 4 is 10.0 Å². The van der Waals surface area contributed by atoms with Crippen LogP contribution in [0.15, 0.2) is 29.2 Å². The Labute approximate surface area is 128 Å². The lowest BCUT2D eigenvalue weighted by Crippen LogP contribution is -2.41. The van der Waals surface area contributed by atoms with Crippen LogP contribution < -0.4 is 5.32 Å². The predicted molar refractivity (Wildman–Crippen MR) is 85.9 cm³/mol. The number of likely N-dealkylation sites (N-methyl/N-ethyl adjacent to an activating group) is 1. The van der Waals surface area contributed by atoms with Crippen molar-refractivity contribution in [2.45, 2.75) is 50.5 Å². The zero-order valence-electron chi connectivity index (χ0n) is 13.0. The van der Waals surface area contributed by atoms with E-state index in [1.54, 1.807) is 16.4 Å². The van der Waals surface area contributed by atoms with Gasteiger partial charge in [-0.2, -0.15) is 4.31 Å². The Hall–Kier alpha value is -0.910. The average molecular weight is 310 g/mol. The van der Waals surface area contributed by atoms with Gasteiger partial charge in [-0.1, -0.05) is 25.5 Å². The summed E-state index contributed by atoms with van der Waals surface area (Å²) in [5, 5.41) is 3.27. The van der Waals surface area contributed by atoms with Crippen molar-refractivity contribution in [1.82, 2.24) is 9.62 Å². The lowest BCUT2D eigenvalue weighted by atomic mass is 10.1. The normalized spacial score (nSPS) is 20.6. The zero-order valence-corrected chi connectivity index (χ0v) is 13.8. The second-order valence-electron chi connectivity index (χ2n) is 5.71. The minimum Gasteiger partial charge on any atom is -0.317 e. The Morgan fingerprint density at radius 1 is 1.24 bits per heavy atom. The first kappa shape index (κ1) is 16.5. The molecule has 21 heavy (non-hydrogen) atoms. The topological polar surface area (TPSA) is 49.4 Å². The van der Waals surface area contributed by atoms with Gasteiger partial charge < -0.3 is 5.32 Å². The molecule has 0 saturated carbocycles. The van der Waals surface area contributed by atoms with Gasteiger partial charge in [0.1, 0.15) is 0 Å². The Bertz CT molecular complexity index is 540. The summed E-state index contributed by atoms with van der Waals surface area (Å²) in [5.74, 6) is 0. The number of piperidine rings is 1. The fourth-order valence-electron chi connectivity index (χ4n) is 2.80. The minimum absolute atomic E-state index is 0.109. The Kier molecular flexibility index (Phi) is 5.79. The molecule has 5 heteroatoms. The van der Waals surface area contributed by atoms with Gasteiger partial charge in [0.15, 0.2) is 0 Å². The fourth-order valence-corrected chi connectivity index (χ4v) is 4.50. The molecule has 0 amide bonds. The molecule has 1 saturated heterocycles. The molecule has 4 nitrogen and oxygen atoms in total. The fraction of sp³-hybridized carbons (Fsp3) is 0.625. The maximum absolute atomic E-state index is 12.7. The standard InChI is InChI=1S/C16H26N2O2S/c1-3-17-12-11-15-7-9-16(10-8-15)21(19,20)18-13-5-4-6-14(18)2/h7-10,14,17H,3-6,11-13H2,1-2H3. The maximum Gasteiger partial charge on any atom is 0.243 e. The van der Waals surface area contributed by atoms with E-state index >= 15 is 0 Å². The van der Waals surface area contributed by atoms with Gasteiger partial charge in [0.05, 0.1) is 4.90 Å². The van der Waals surface area contributed by atoms with Crippen LogP contribution in [-0.2, 0) is 16.4 Å². The van der Waals surface area contributed by atoms with Gasteiger partial charge in [-0.3, -0.25) is 0 Å². The highest BCUT2D eigenvalue weighted by molar-refractivity contribution is 7.89. The number of nitrogens with zero attached hydrogens (tertiary/aromatic N) is 1. The van der Waals surface area contributed by atoms with Crippen LogP contribution in [0.25, 0.3) is 0 Å². The molecule has 1 aliphatic heterocycles. The molecular weight excluding hydrogens is 284 g/mol. The van der Waals surface area contributed by atoms with Crippen molar-refractivity contribution in [1.29, 1.82) is 0 Å². The summed E-state index contributed by atoms with van der Waals surface area (Å²) in [6.45, 7) is 6.60. The van der Waals surface area contributed by atoms with Crippen molar-refractivity contribution in [2.24, 2.45) is 0 Å². The Morgan fingerprint density at radius 2 is 1.95 bits per heavy atom. The summed E-state index contributed by atoms with van der Waals surface area (Å²) in [7, 11) is -3.34. The first-order valence-corrected chi connectivity index (χ1v) is 9.31. The van der Waals surface area contributed by atoms with E-state index in [-0.39, 0.29) is 6.04 Å². The molecule has 1 N–H and O–H groups in total. The summed E-state index contributed by atoms with van der Waals surface area (Å²) in [4.78, 5) is 0.420. The van der Waals surface area contributed by atoms with Gasteiger partial charge in [-0.25, -0.2) is 8.42 Å². The maximum atomic E-state index is 12.7. The van der Waals surface area contributed by atoms with Gasteiger partial charge in [-0.05, 0) is 57.0 Å². The number of rotatable bonds is 6. The molecule has 2 rings (SSSR count). The van der Waals surface area contributed by atoms with Crippen LogP contribution in [0.4, 0.5) is 0 Å². The predicted octanol–water partition coefficient (Wildman–Crippen LogP) is 2.40. The lowest BCUT2D eigenvalue weighted by molar-refractivity contribution is 0.268. The van der Waals surface area contributed by atoms with E-state index in [1.165, 1.54) is 5.56 Å². The molecule has 1 aliphatic rings. The van der Waals surface area contributed by atoms with Crippen molar-refractivity contribution in [3.05, 3.63) is 29.8 Å². The Morgan fingerprint density at radius 3 is 2.57 bits per heavy atom. The molecule has 0 aliphatic carbocycles. The monoisotopic (exact) mass is 310 g/mol. The number of nitrogens with one attached hydrogen (secondary N) is 1. The van der Waals surface area contributed by atoms with Crippen LogP contribution in [0.2, 0.25) is 0 Å². The number of benzene rings is 1. The average Bonchev–Trinajstić information content (AvgIpc) is 2.48. The van der Waals surface area contributed by atoms with E-state index in [9.17, 15) is 8.42 Å². The van der Waals surface area contributed by atoms with Gasteiger partial charge >= 0.3 is 0 Å². The van der Waals surface area contributed by atoms with E-state index in [2.05, 4.69) is 12.2 Å². The van der Waals surface area contributed by atoms with E-state index < -0.39 is 10.0 Å². The van der Waals surface area contributed by atoms with Crippen molar-refractivity contribution in [3.8, 4) is 0 Å². The summed E-state index contributed by atoms with van der Waals surface area (Å²) in [6.07, 6.45) is 3.97. The van der Waals surface area contributed by atoms with Crippen LogP contribution in [0.1, 0.15) is 38.7 Å². The number of hydrogen-bond donors (Lipinski definition) is 1. The molecule has 1 atom stereocenters. The van der Waals surface area contributed by atoms with E-state index in [4.69, 9.17) is 0 Å². The van der Waals surface area contributed by atoms with Crippen molar-refractivity contribution in [3.63, 3.8) is 0 Å². The van der Waals surface area contributed by atoms with Crippen molar-refractivity contribution in [2.75, 3.05) is 19.6 Å². The van der Waals surface area contributed by atoms with E-state index in [1.807, 2.05) is 19.1 Å². The summed E-state index contributed by atoms with van der Waals surface area (Å²) < 4.78 is 27.0. The molecule has 0 aromatic heterocycles. The van der Waals surface area contributed by atoms with E-state index in [0.29, 0.717) is 11.4 Å². The van der Waals surface area contributed by atoms with Gasteiger partial charge in [0.2, 0.25) is 10.0 Å². The molecule has 1 fully saturated rings. The molecule has 0 bridgehead atoms. The van der Waals surface area contributed by atoms with Crippen LogP contribution >= 0.6 is 0 Å². The SMILES string of the molecule is CCNCCc1ccc(S(=O)(=O)N2CCCCC2C)cc1.